The van der Waals surface area contributed by atoms with Crippen molar-refractivity contribution >= 4 is 11.8 Å². The second-order valence-corrected chi connectivity index (χ2v) is 7.34. The first-order chi connectivity index (χ1) is 11.2. The minimum atomic E-state index is 0.251. The predicted molar refractivity (Wildman–Crippen MR) is 90.0 cm³/mol. The van der Waals surface area contributed by atoms with Crippen LogP contribution in [0.1, 0.15) is 51.4 Å². The third-order valence-electron chi connectivity index (χ3n) is 5.74. The summed E-state index contributed by atoms with van der Waals surface area (Å²) in [5.41, 5.74) is 0. The highest BCUT2D eigenvalue weighted by Crippen LogP contribution is 2.25. The fourth-order valence-corrected chi connectivity index (χ4v) is 4.20. The van der Waals surface area contributed by atoms with Crippen molar-refractivity contribution in [3.8, 4) is 0 Å². The van der Waals surface area contributed by atoms with Gasteiger partial charge in [0, 0.05) is 45.1 Å². The lowest BCUT2D eigenvalue weighted by Crippen LogP contribution is -2.52. The average Bonchev–Trinajstić information content (AvgIpc) is 3.13. The number of hydrogen-bond acceptors (Lipinski definition) is 3. The minimum absolute atomic E-state index is 0.251. The van der Waals surface area contributed by atoms with Crippen molar-refractivity contribution in [3.05, 3.63) is 0 Å². The Morgan fingerprint density at radius 2 is 1.35 bits per heavy atom. The fourth-order valence-electron chi connectivity index (χ4n) is 4.20. The van der Waals surface area contributed by atoms with E-state index in [1.165, 1.54) is 32.1 Å². The molecule has 2 aliphatic heterocycles. The van der Waals surface area contributed by atoms with E-state index in [0.717, 1.165) is 58.7 Å². The van der Waals surface area contributed by atoms with E-state index < -0.39 is 0 Å². The van der Waals surface area contributed by atoms with Gasteiger partial charge in [0.05, 0.1) is 0 Å². The van der Waals surface area contributed by atoms with Gasteiger partial charge in [-0.2, -0.15) is 0 Å². The molecule has 3 aliphatic rings. The second-order valence-electron chi connectivity index (χ2n) is 7.34. The molecular weight excluding hydrogens is 290 g/mol. The summed E-state index contributed by atoms with van der Waals surface area (Å²) < 4.78 is 0. The maximum Gasteiger partial charge on any atom is 0.225 e. The molecular formula is C18H31N3O2. The van der Waals surface area contributed by atoms with Crippen molar-refractivity contribution < 1.29 is 9.59 Å². The Kier molecular flexibility index (Phi) is 5.92. The Morgan fingerprint density at radius 1 is 0.739 bits per heavy atom. The number of carbonyl (C=O) groups is 2. The van der Waals surface area contributed by atoms with Gasteiger partial charge >= 0.3 is 0 Å². The fraction of sp³-hybridized carbons (Fsp3) is 0.889. The maximum absolute atomic E-state index is 12.5. The molecule has 0 spiro atoms. The van der Waals surface area contributed by atoms with Gasteiger partial charge in [-0.3, -0.25) is 9.59 Å². The van der Waals surface area contributed by atoms with E-state index in [9.17, 15) is 9.59 Å². The molecule has 1 saturated carbocycles. The van der Waals surface area contributed by atoms with E-state index in [4.69, 9.17) is 0 Å². The average molecular weight is 321 g/mol. The molecule has 2 heterocycles. The van der Waals surface area contributed by atoms with Gasteiger partial charge in [0.1, 0.15) is 0 Å². The molecule has 1 aliphatic carbocycles. The van der Waals surface area contributed by atoms with Gasteiger partial charge in [0.25, 0.3) is 0 Å². The van der Waals surface area contributed by atoms with Crippen LogP contribution < -0.4 is 0 Å². The monoisotopic (exact) mass is 321 g/mol. The SMILES string of the molecule is O=C(CCN1CCCC1)N1CCN(C(=O)C2CCCCC2)CC1. The maximum atomic E-state index is 12.5. The largest absolute Gasteiger partial charge is 0.339 e. The van der Waals surface area contributed by atoms with Gasteiger partial charge in [-0.05, 0) is 38.8 Å². The van der Waals surface area contributed by atoms with Gasteiger partial charge in [-0.25, -0.2) is 0 Å². The first-order valence-corrected chi connectivity index (χ1v) is 9.53. The summed E-state index contributed by atoms with van der Waals surface area (Å²) in [4.78, 5) is 31.2. The molecule has 0 N–H and O–H groups in total. The summed E-state index contributed by atoms with van der Waals surface area (Å²) in [6.07, 6.45) is 8.99. The van der Waals surface area contributed by atoms with Gasteiger partial charge in [-0.15, -0.1) is 0 Å². The Balaban J connectivity index is 1.38. The molecule has 0 aromatic rings. The molecule has 23 heavy (non-hydrogen) atoms. The summed E-state index contributed by atoms with van der Waals surface area (Å²) in [5.74, 6) is 0.858. The van der Waals surface area contributed by atoms with Crippen molar-refractivity contribution in [1.29, 1.82) is 0 Å². The van der Waals surface area contributed by atoms with Crippen LogP contribution in [0.15, 0.2) is 0 Å². The molecule has 3 rings (SSSR count). The summed E-state index contributed by atoms with van der Waals surface area (Å²) >= 11 is 0. The van der Waals surface area contributed by atoms with Crippen molar-refractivity contribution in [1.82, 2.24) is 14.7 Å². The van der Waals surface area contributed by atoms with Crippen LogP contribution in [0.2, 0.25) is 0 Å². The molecule has 5 heteroatoms. The standard InChI is InChI=1S/C18H31N3O2/c22-17(8-11-19-9-4-5-10-19)20-12-14-21(15-13-20)18(23)16-6-2-1-3-7-16/h16H,1-15H2. The quantitative estimate of drug-likeness (QED) is 0.792. The number of carbonyl (C=O) groups excluding carboxylic acids is 2. The highest BCUT2D eigenvalue weighted by atomic mass is 16.2. The van der Waals surface area contributed by atoms with Gasteiger partial charge in [0.2, 0.25) is 11.8 Å². The van der Waals surface area contributed by atoms with Crippen LogP contribution in [0.3, 0.4) is 0 Å². The third-order valence-corrected chi connectivity index (χ3v) is 5.74. The number of nitrogens with zero attached hydrogens (tertiary/aromatic N) is 3. The summed E-state index contributed by atoms with van der Waals surface area (Å²) in [7, 11) is 0. The molecule has 0 atom stereocenters. The van der Waals surface area contributed by atoms with Crippen molar-refractivity contribution in [2.24, 2.45) is 5.92 Å². The van der Waals surface area contributed by atoms with E-state index in [2.05, 4.69) is 4.90 Å². The minimum Gasteiger partial charge on any atom is -0.339 e. The number of hydrogen-bond donors (Lipinski definition) is 0. The van der Waals surface area contributed by atoms with Gasteiger partial charge < -0.3 is 14.7 Å². The molecule has 0 aromatic carbocycles. The summed E-state index contributed by atoms with van der Waals surface area (Å²) in [6.45, 7) is 6.10. The third kappa shape index (κ3) is 4.46. The molecule has 2 saturated heterocycles. The molecule has 130 valence electrons. The van der Waals surface area contributed by atoms with Crippen LogP contribution in [0.4, 0.5) is 0 Å². The first kappa shape index (κ1) is 16.7. The Bertz CT molecular complexity index is 406. The van der Waals surface area contributed by atoms with Crippen LogP contribution in [0.5, 0.6) is 0 Å². The van der Waals surface area contributed by atoms with Crippen LogP contribution in [0.25, 0.3) is 0 Å². The van der Waals surface area contributed by atoms with E-state index in [1.807, 2.05) is 9.80 Å². The van der Waals surface area contributed by atoms with Crippen LogP contribution in [-0.4, -0.2) is 72.3 Å². The smallest absolute Gasteiger partial charge is 0.225 e. The lowest BCUT2D eigenvalue weighted by Gasteiger charge is -2.37. The molecule has 0 radical (unpaired) electrons. The van der Waals surface area contributed by atoms with Crippen molar-refractivity contribution in [2.75, 3.05) is 45.8 Å². The molecule has 5 nitrogen and oxygen atoms in total. The van der Waals surface area contributed by atoms with Gasteiger partial charge in [0.15, 0.2) is 0 Å². The van der Waals surface area contributed by atoms with E-state index in [-0.39, 0.29) is 11.8 Å². The highest BCUT2D eigenvalue weighted by molar-refractivity contribution is 5.80. The van der Waals surface area contributed by atoms with E-state index in [1.54, 1.807) is 0 Å². The van der Waals surface area contributed by atoms with Gasteiger partial charge in [-0.1, -0.05) is 19.3 Å². The summed E-state index contributed by atoms with van der Waals surface area (Å²) in [6, 6.07) is 0. The zero-order chi connectivity index (χ0) is 16.1. The molecule has 2 amide bonds. The number of amides is 2. The zero-order valence-electron chi connectivity index (χ0n) is 14.3. The van der Waals surface area contributed by atoms with E-state index in [0.29, 0.717) is 12.3 Å². The normalized spacial score (nSPS) is 24.2. The lowest BCUT2D eigenvalue weighted by atomic mass is 9.88. The van der Waals surface area contributed by atoms with Crippen molar-refractivity contribution in [3.63, 3.8) is 0 Å². The first-order valence-electron chi connectivity index (χ1n) is 9.53. The lowest BCUT2D eigenvalue weighted by molar-refractivity contribution is -0.143. The Hall–Kier alpha value is -1.10. The van der Waals surface area contributed by atoms with Crippen LogP contribution in [-0.2, 0) is 9.59 Å². The second kappa shape index (κ2) is 8.13. The molecule has 0 aromatic heterocycles. The Labute approximate surface area is 140 Å². The molecule has 0 bridgehead atoms. The Morgan fingerprint density at radius 3 is 2.00 bits per heavy atom. The van der Waals surface area contributed by atoms with E-state index >= 15 is 0 Å². The molecule has 3 fully saturated rings. The highest BCUT2D eigenvalue weighted by Gasteiger charge is 2.29. The number of piperazine rings is 1. The zero-order valence-corrected chi connectivity index (χ0v) is 14.3. The molecule has 0 unspecified atom stereocenters. The van der Waals surface area contributed by atoms with Crippen molar-refractivity contribution in [2.45, 2.75) is 51.4 Å². The van der Waals surface area contributed by atoms with Crippen LogP contribution >= 0.6 is 0 Å². The topological polar surface area (TPSA) is 43.9 Å². The number of likely N-dealkylation sites (tertiary alicyclic amines) is 1. The van der Waals surface area contributed by atoms with Crippen LogP contribution in [0, 0.1) is 5.92 Å². The number of rotatable bonds is 4. The predicted octanol–water partition coefficient (Wildman–Crippen LogP) is 1.72. The summed E-state index contributed by atoms with van der Waals surface area (Å²) in [5, 5.41) is 0.